The number of thioether (sulfide) groups is 1. The number of benzene rings is 1. The zero-order chi connectivity index (χ0) is 13.7. The predicted octanol–water partition coefficient (Wildman–Crippen LogP) is 2.84. The molecular formula is C15H22N2OS. The van der Waals surface area contributed by atoms with E-state index in [1.807, 2.05) is 36.3 Å². The van der Waals surface area contributed by atoms with Crippen LogP contribution in [0.15, 0.2) is 30.3 Å². The molecule has 1 aromatic carbocycles. The van der Waals surface area contributed by atoms with E-state index in [4.69, 9.17) is 0 Å². The molecule has 0 radical (unpaired) electrons. The van der Waals surface area contributed by atoms with Crippen molar-refractivity contribution in [3.63, 3.8) is 0 Å². The summed E-state index contributed by atoms with van der Waals surface area (Å²) < 4.78 is 0. The van der Waals surface area contributed by atoms with Crippen LogP contribution in [-0.4, -0.2) is 41.4 Å². The van der Waals surface area contributed by atoms with Crippen molar-refractivity contribution in [3.05, 3.63) is 30.3 Å². The number of piperidine rings is 1. The molecule has 104 valence electrons. The largest absolute Gasteiger partial charge is 0.382 e. The first-order chi connectivity index (χ1) is 9.20. The van der Waals surface area contributed by atoms with Gasteiger partial charge in [-0.2, -0.15) is 11.8 Å². The Morgan fingerprint density at radius 3 is 2.53 bits per heavy atom. The summed E-state index contributed by atoms with van der Waals surface area (Å²) in [5.74, 6) is 0.283. The molecule has 1 N–H and O–H groups in total. The molecule has 4 heteroatoms. The summed E-state index contributed by atoms with van der Waals surface area (Å²) in [4.78, 5) is 14.1. The Labute approximate surface area is 119 Å². The number of rotatable bonds is 4. The molecule has 1 heterocycles. The van der Waals surface area contributed by atoms with Crippen molar-refractivity contribution in [2.24, 2.45) is 0 Å². The van der Waals surface area contributed by atoms with Crippen molar-refractivity contribution in [1.82, 2.24) is 4.90 Å². The molecule has 1 amide bonds. The van der Waals surface area contributed by atoms with Gasteiger partial charge in [0.1, 0.15) is 0 Å². The number of nitrogens with zero attached hydrogens (tertiary/aromatic N) is 1. The van der Waals surface area contributed by atoms with Crippen LogP contribution in [0.25, 0.3) is 0 Å². The molecule has 3 nitrogen and oxygen atoms in total. The van der Waals surface area contributed by atoms with Crippen molar-refractivity contribution < 1.29 is 4.79 Å². The molecule has 1 saturated heterocycles. The van der Waals surface area contributed by atoms with Crippen LogP contribution < -0.4 is 5.32 Å². The number of hydrogen-bond acceptors (Lipinski definition) is 3. The number of nitrogens with one attached hydrogen (secondary N) is 1. The third kappa shape index (κ3) is 3.90. The Kier molecular flexibility index (Phi) is 5.14. The van der Waals surface area contributed by atoms with Crippen LogP contribution in [0.2, 0.25) is 0 Å². The van der Waals surface area contributed by atoms with Crippen LogP contribution in [0.3, 0.4) is 0 Å². The number of hydrogen-bond donors (Lipinski definition) is 1. The summed E-state index contributed by atoms with van der Waals surface area (Å²) >= 11 is 1.62. The normalized spacial score (nSPS) is 18.1. The van der Waals surface area contributed by atoms with E-state index in [2.05, 4.69) is 17.4 Å². The van der Waals surface area contributed by atoms with Gasteiger partial charge in [0.15, 0.2) is 0 Å². The number of amides is 1. The smallest absolute Gasteiger partial charge is 0.235 e. The van der Waals surface area contributed by atoms with Crippen molar-refractivity contribution in [3.8, 4) is 0 Å². The van der Waals surface area contributed by atoms with E-state index in [0.717, 1.165) is 25.9 Å². The molecule has 0 aromatic heterocycles. The van der Waals surface area contributed by atoms with E-state index in [0.29, 0.717) is 6.04 Å². The van der Waals surface area contributed by atoms with E-state index in [-0.39, 0.29) is 11.2 Å². The highest BCUT2D eigenvalue weighted by Crippen LogP contribution is 2.18. The first-order valence-electron chi connectivity index (χ1n) is 6.84. The fourth-order valence-corrected chi connectivity index (χ4v) is 2.72. The van der Waals surface area contributed by atoms with Crippen LogP contribution in [-0.2, 0) is 4.79 Å². The Balaban J connectivity index is 1.81. The second-order valence-electron chi connectivity index (χ2n) is 4.99. The second-order valence-corrected chi connectivity index (χ2v) is 6.17. The summed E-state index contributed by atoms with van der Waals surface area (Å²) in [6.45, 7) is 3.73. The van der Waals surface area contributed by atoms with Gasteiger partial charge in [-0.3, -0.25) is 4.79 Å². The molecule has 1 aliphatic heterocycles. The standard InChI is InChI=1S/C15H22N2OS/c1-12(19-2)15(18)17-10-8-14(9-11-17)16-13-6-4-3-5-7-13/h3-7,12,14,16H,8-11H2,1-2H3/t12-/m0/s1. The Morgan fingerprint density at radius 1 is 1.32 bits per heavy atom. The molecule has 1 aliphatic rings. The van der Waals surface area contributed by atoms with Crippen molar-refractivity contribution in [2.45, 2.75) is 31.1 Å². The second kappa shape index (κ2) is 6.85. The quantitative estimate of drug-likeness (QED) is 0.919. The third-order valence-corrected chi connectivity index (χ3v) is 4.56. The van der Waals surface area contributed by atoms with Crippen molar-refractivity contribution >= 4 is 23.4 Å². The van der Waals surface area contributed by atoms with Gasteiger partial charge in [0, 0.05) is 24.8 Å². The summed E-state index contributed by atoms with van der Waals surface area (Å²) in [5.41, 5.74) is 1.17. The zero-order valence-electron chi connectivity index (χ0n) is 11.6. The number of likely N-dealkylation sites (tertiary alicyclic amines) is 1. The fraction of sp³-hybridized carbons (Fsp3) is 0.533. The zero-order valence-corrected chi connectivity index (χ0v) is 12.5. The van der Waals surface area contributed by atoms with E-state index in [1.54, 1.807) is 11.8 Å². The summed E-state index contributed by atoms with van der Waals surface area (Å²) in [6, 6.07) is 10.8. The van der Waals surface area contributed by atoms with Gasteiger partial charge in [0.05, 0.1) is 5.25 Å². The minimum absolute atomic E-state index is 0.0821. The first kappa shape index (κ1) is 14.3. The molecule has 0 saturated carbocycles. The third-order valence-electron chi connectivity index (χ3n) is 3.65. The number of carbonyl (C=O) groups excluding carboxylic acids is 1. The number of para-hydroxylation sites is 1. The van der Waals surface area contributed by atoms with E-state index < -0.39 is 0 Å². The van der Waals surface area contributed by atoms with Gasteiger partial charge < -0.3 is 10.2 Å². The van der Waals surface area contributed by atoms with Crippen LogP contribution in [0, 0.1) is 0 Å². The molecule has 0 spiro atoms. The van der Waals surface area contributed by atoms with Gasteiger partial charge in [-0.15, -0.1) is 0 Å². The molecule has 19 heavy (non-hydrogen) atoms. The van der Waals surface area contributed by atoms with Gasteiger partial charge >= 0.3 is 0 Å². The SMILES string of the molecule is CS[C@@H](C)C(=O)N1CCC(Nc2ccccc2)CC1. The van der Waals surface area contributed by atoms with Gasteiger partial charge in [-0.05, 0) is 38.2 Å². The summed E-state index contributed by atoms with van der Waals surface area (Å²) in [7, 11) is 0. The van der Waals surface area contributed by atoms with Gasteiger partial charge in [0.25, 0.3) is 0 Å². The first-order valence-corrected chi connectivity index (χ1v) is 8.12. The predicted molar refractivity (Wildman–Crippen MR) is 82.6 cm³/mol. The van der Waals surface area contributed by atoms with Gasteiger partial charge in [-0.25, -0.2) is 0 Å². The minimum atomic E-state index is 0.0821. The average molecular weight is 278 g/mol. The fourth-order valence-electron chi connectivity index (χ4n) is 2.37. The molecular weight excluding hydrogens is 256 g/mol. The van der Waals surface area contributed by atoms with E-state index in [9.17, 15) is 4.79 Å². The van der Waals surface area contributed by atoms with E-state index in [1.165, 1.54) is 5.69 Å². The lowest BCUT2D eigenvalue weighted by molar-refractivity contribution is -0.131. The highest BCUT2D eigenvalue weighted by atomic mass is 32.2. The van der Waals surface area contributed by atoms with Gasteiger partial charge in [-0.1, -0.05) is 18.2 Å². The molecule has 1 aromatic rings. The summed E-state index contributed by atoms with van der Waals surface area (Å²) in [5, 5.41) is 3.62. The minimum Gasteiger partial charge on any atom is -0.382 e. The highest BCUT2D eigenvalue weighted by molar-refractivity contribution is 7.99. The Hall–Kier alpha value is -1.16. The lowest BCUT2D eigenvalue weighted by atomic mass is 10.0. The van der Waals surface area contributed by atoms with E-state index >= 15 is 0 Å². The number of anilines is 1. The Morgan fingerprint density at radius 2 is 1.95 bits per heavy atom. The lowest BCUT2D eigenvalue weighted by Crippen LogP contribution is -2.45. The number of carbonyl (C=O) groups is 1. The summed E-state index contributed by atoms with van der Waals surface area (Å²) in [6.07, 6.45) is 4.05. The maximum atomic E-state index is 12.1. The molecule has 0 unspecified atom stereocenters. The monoisotopic (exact) mass is 278 g/mol. The maximum Gasteiger partial charge on any atom is 0.235 e. The molecule has 2 rings (SSSR count). The van der Waals surface area contributed by atoms with Crippen LogP contribution >= 0.6 is 11.8 Å². The molecule has 0 bridgehead atoms. The highest BCUT2D eigenvalue weighted by Gasteiger charge is 2.25. The Bertz CT molecular complexity index is 402. The van der Waals surface area contributed by atoms with Crippen LogP contribution in [0.1, 0.15) is 19.8 Å². The maximum absolute atomic E-state index is 12.1. The molecule has 1 fully saturated rings. The van der Waals surface area contributed by atoms with Crippen molar-refractivity contribution in [1.29, 1.82) is 0 Å². The van der Waals surface area contributed by atoms with Crippen LogP contribution in [0.5, 0.6) is 0 Å². The molecule has 0 aliphatic carbocycles. The lowest BCUT2D eigenvalue weighted by Gasteiger charge is -2.34. The van der Waals surface area contributed by atoms with Gasteiger partial charge in [0.2, 0.25) is 5.91 Å². The molecule has 1 atom stereocenters. The average Bonchev–Trinajstić information content (AvgIpc) is 2.47. The van der Waals surface area contributed by atoms with Crippen molar-refractivity contribution in [2.75, 3.05) is 24.7 Å². The topological polar surface area (TPSA) is 32.3 Å². The van der Waals surface area contributed by atoms with Crippen LogP contribution in [0.4, 0.5) is 5.69 Å².